The number of hydrogen-bond acceptors (Lipinski definition) is 3. The monoisotopic (exact) mass is 322 g/mol. The first kappa shape index (κ1) is 14.1. The fourth-order valence-corrected chi connectivity index (χ4v) is 1.60. The molecule has 0 amide bonds. The molecule has 0 saturated heterocycles. The molecule has 1 heterocycles. The number of pyridine rings is 1. The third kappa shape index (κ3) is 3.25. The first-order chi connectivity index (χ1) is 7.23. The predicted molar refractivity (Wildman–Crippen MR) is 64.6 cm³/mol. The van der Waals surface area contributed by atoms with Crippen LogP contribution >= 0.6 is 58.0 Å². The molecule has 0 N–H and O–H groups in total. The third-order valence-electron chi connectivity index (χ3n) is 1.58. The summed E-state index contributed by atoms with van der Waals surface area (Å²) in [6, 6.07) is 2.43. The number of aromatic nitrogens is 1. The molecule has 88 valence electrons. The fourth-order valence-electron chi connectivity index (χ4n) is 0.944. The average molecular weight is 324 g/mol. The van der Waals surface area contributed by atoms with E-state index >= 15 is 0 Å². The summed E-state index contributed by atoms with van der Waals surface area (Å²) in [7, 11) is 0. The van der Waals surface area contributed by atoms with Crippen molar-refractivity contribution in [1.29, 1.82) is 0 Å². The van der Waals surface area contributed by atoms with Crippen molar-refractivity contribution in [2.75, 3.05) is 0 Å². The lowest BCUT2D eigenvalue weighted by molar-refractivity contribution is -0.385. The van der Waals surface area contributed by atoms with Gasteiger partial charge < -0.3 is 0 Å². The molecule has 0 spiro atoms. The maximum Gasteiger partial charge on any atom is 0.295 e. The molecule has 0 aliphatic rings. The highest BCUT2D eigenvalue weighted by Crippen LogP contribution is 2.42. The van der Waals surface area contributed by atoms with E-state index in [-0.39, 0.29) is 11.4 Å². The molecule has 4 nitrogen and oxygen atoms in total. The lowest BCUT2D eigenvalue weighted by Crippen LogP contribution is -2.10. The van der Waals surface area contributed by atoms with Gasteiger partial charge >= 0.3 is 0 Å². The van der Waals surface area contributed by atoms with Crippen LogP contribution in [0.4, 0.5) is 5.69 Å². The van der Waals surface area contributed by atoms with Gasteiger partial charge in [0.2, 0.25) is 3.79 Å². The van der Waals surface area contributed by atoms with Crippen molar-refractivity contribution in [1.82, 2.24) is 4.98 Å². The highest BCUT2D eigenvalue weighted by atomic mass is 35.6. The predicted octanol–water partition coefficient (Wildman–Crippen LogP) is 4.29. The van der Waals surface area contributed by atoms with Crippen LogP contribution in [0.1, 0.15) is 16.2 Å². The van der Waals surface area contributed by atoms with Crippen LogP contribution in [-0.4, -0.2) is 9.91 Å². The Morgan fingerprint density at radius 2 is 1.88 bits per heavy atom. The van der Waals surface area contributed by atoms with Gasteiger partial charge in [0.25, 0.3) is 5.69 Å². The van der Waals surface area contributed by atoms with E-state index in [0.29, 0.717) is 0 Å². The van der Waals surface area contributed by atoms with E-state index in [9.17, 15) is 10.1 Å². The Kier molecular flexibility index (Phi) is 4.49. The molecule has 1 rings (SSSR count). The van der Waals surface area contributed by atoms with Crippen molar-refractivity contribution in [3.05, 3.63) is 33.6 Å². The van der Waals surface area contributed by atoms with E-state index in [0.717, 1.165) is 6.07 Å². The van der Waals surface area contributed by atoms with Gasteiger partial charge in [0.1, 0.15) is 4.84 Å². The van der Waals surface area contributed by atoms with Crippen molar-refractivity contribution in [2.24, 2.45) is 0 Å². The van der Waals surface area contributed by atoms with Gasteiger partial charge in [-0.25, -0.2) is 4.98 Å². The summed E-state index contributed by atoms with van der Waals surface area (Å²) in [5, 5.41) is 10.7. The zero-order valence-corrected chi connectivity index (χ0v) is 11.1. The Labute approximate surface area is 116 Å². The van der Waals surface area contributed by atoms with E-state index in [4.69, 9.17) is 58.0 Å². The minimum absolute atomic E-state index is 0.176. The van der Waals surface area contributed by atoms with Gasteiger partial charge in [-0.3, -0.25) is 10.1 Å². The van der Waals surface area contributed by atoms with E-state index in [2.05, 4.69) is 4.98 Å². The number of rotatable bonds is 2. The first-order valence-corrected chi connectivity index (χ1v) is 5.75. The molecular formula is C7H3Cl5N2O2. The van der Waals surface area contributed by atoms with Crippen LogP contribution in [0.15, 0.2) is 12.1 Å². The van der Waals surface area contributed by atoms with Gasteiger partial charge in [0.05, 0.1) is 10.6 Å². The maximum atomic E-state index is 10.7. The van der Waals surface area contributed by atoms with Gasteiger partial charge in [-0.05, 0) is 6.07 Å². The lowest BCUT2D eigenvalue weighted by atomic mass is 10.3. The Balaban J connectivity index is 3.39. The number of nitrogens with zero attached hydrogens (tertiary/aromatic N) is 2. The highest BCUT2D eigenvalue weighted by molar-refractivity contribution is 6.66. The van der Waals surface area contributed by atoms with Crippen LogP contribution in [0.25, 0.3) is 0 Å². The van der Waals surface area contributed by atoms with Crippen molar-refractivity contribution < 1.29 is 4.92 Å². The Morgan fingerprint density at radius 1 is 1.31 bits per heavy atom. The van der Waals surface area contributed by atoms with Gasteiger partial charge in [-0.15, -0.1) is 0 Å². The number of nitro groups is 1. The molecule has 0 atom stereocenters. The maximum absolute atomic E-state index is 10.7. The van der Waals surface area contributed by atoms with Crippen LogP contribution in [0.3, 0.4) is 0 Å². The highest BCUT2D eigenvalue weighted by Gasteiger charge is 2.34. The summed E-state index contributed by atoms with van der Waals surface area (Å²) in [5.41, 5.74) is -0.542. The Hall–Kier alpha value is -0.000000000000000111. The van der Waals surface area contributed by atoms with Crippen LogP contribution in [0.2, 0.25) is 0 Å². The number of alkyl halides is 5. The molecule has 0 saturated carbocycles. The zero-order chi connectivity index (χ0) is 12.5. The van der Waals surface area contributed by atoms with Crippen LogP contribution in [0, 0.1) is 10.1 Å². The van der Waals surface area contributed by atoms with Crippen LogP contribution < -0.4 is 0 Å². The summed E-state index contributed by atoms with van der Waals surface area (Å²) in [4.78, 5) is 12.8. The summed E-state index contributed by atoms with van der Waals surface area (Å²) >= 11 is 27.8. The molecule has 0 aromatic carbocycles. The summed E-state index contributed by atoms with van der Waals surface area (Å²) in [6.07, 6.45) is 0. The lowest BCUT2D eigenvalue weighted by Gasteiger charge is -2.12. The second-order valence-electron chi connectivity index (χ2n) is 2.66. The summed E-state index contributed by atoms with van der Waals surface area (Å²) in [5.74, 6) is 0. The molecule has 0 fully saturated rings. The summed E-state index contributed by atoms with van der Waals surface area (Å²) < 4.78 is -2.01. The van der Waals surface area contributed by atoms with Gasteiger partial charge in [-0.2, -0.15) is 0 Å². The molecule has 0 radical (unpaired) electrons. The third-order valence-corrected chi connectivity index (χ3v) is 2.57. The molecule has 0 bridgehead atoms. The quantitative estimate of drug-likeness (QED) is 0.463. The molecule has 1 aromatic rings. The molecule has 1 aromatic heterocycles. The van der Waals surface area contributed by atoms with Crippen LogP contribution in [0.5, 0.6) is 0 Å². The van der Waals surface area contributed by atoms with E-state index in [1.807, 2.05) is 0 Å². The second-order valence-corrected chi connectivity index (χ2v) is 6.04. The molecule has 0 aliphatic heterocycles. The molecule has 0 aliphatic carbocycles. The minimum atomic E-state index is -2.01. The fraction of sp³-hybridized carbons (Fsp3) is 0.286. The van der Waals surface area contributed by atoms with E-state index in [1.165, 1.54) is 6.07 Å². The van der Waals surface area contributed by atoms with Crippen molar-refractivity contribution in [3.8, 4) is 0 Å². The molecular weight excluding hydrogens is 321 g/mol. The van der Waals surface area contributed by atoms with Crippen LogP contribution in [-0.2, 0) is 3.79 Å². The molecule has 9 heteroatoms. The van der Waals surface area contributed by atoms with Crippen molar-refractivity contribution >= 4 is 63.7 Å². The largest absolute Gasteiger partial charge is 0.295 e. The Morgan fingerprint density at radius 3 is 2.25 bits per heavy atom. The first-order valence-electron chi connectivity index (χ1n) is 3.74. The number of hydrogen-bond donors (Lipinski definition) is 0. The van der Waals surface area contributed by atoms with Gasteiger partial charge in [0.15, 0.2) is 5.69 Å². The average Bonchev–Trinajstić information content (AvgIpc) is 2.15. The SMILES string of the molecule is O=[N+]([O-])c1ccc(C(Cl)Cl)nc1C(Cl)(Cl)Cl. The normalized spacial score (nSPS) is 11.9. The van der Waals surface area contributed by atoms with Crippen molar-refractivity contribution in [3.63, 3.8) is 0 Å². The van der Waals surface area contributed by atoms with Crippen molar-refractivity contribution in [2.45, 2.75) is 8.63 Å². The topological polar surface area (TPSA) is 56.0 Å². The van der Waals surface area contributed by atoms with E-state index in [1.54, 1.807) is 0 Å². The standard InChI is InChI=1S/C7H3Cl5N2O2/c8-6(9)3-1-2-4(14(15)16)5(13-3)7(10,11)12/h1-2,6H. The minimum Gasteiger partial charge on any atom is -0.258 e. The van der Waals surface area contributed by atoms with E-state index < -0.39 is 19.2 Å². The zero-order valence-electron chi connectivity index (χ0n) is 7.33. The smallest absolute Gasteiger partial charge is 0.258 e. The summed E-state index contributed by atoms with van der Waals surface area (Å²) in [6.45, 7) is 0. The molecule has 0 unspecified atom stereocenters. The number of halogens is 5. The van der Waals surface area contributed by atoms with Gasteiger partial charge in [-0.1, -0.05) is 58.0 Å². The molecule has 16 heavy (non-hydrogen) atoms. The van der Waals surface area contributed by atoms with Gasteiger partial charge in [0, 0.05) is 6.07 Å². The second kappa shape index (κ2) is 5.10. The Bertz CT molecular complexity index is 418.